The van der Waals surface area contributed by atoms with Crippen LogP contribution in [0.15, 0.2) is 12.1 Å². The fourth-order valence-corrected chi connectivity index (χ4v) is 1.44. The summed E-state index contributed by atoms with van der Waals surface area (Å²) in [5.74, 6) is 0.123. The minimum atomic E-state index is -0.596. The molecule has 0 saturated heterocycles. The zero-order valence-electron chi connectivity index (χ0n) is 6.58. The first-order valence-corrected chi connectivity index (χ1v) is 4.00. The van der Waals surface area contributed by atoms with E-state index < -0.39 is 4.92 Å². The summed E-state index contributed by atoms with van der Waals surface area (Å²) in [7, 11) is 1.34. The maximum absolute atomic E-state index is 10.4. The molecule has 1 rings (SSSR count). The van der Waals surface area contributed by atoms with Gasteiger partial charge in [0.2, 0.25) is 0 Å². The molecule has 0 radical (unpaired) electrons. The number of rotatable bonds is 2. The molecule has 0 spiro atoms. The lowest BCUT2D eigenvalue weighted by Crippen LogP contribution is -1.92. The van der Waals surface area contributed by atoms with Crippen LogP contribution < -0.4 is 4.74 Å². The molecule has 0 saturated carbocycles. The van der Waals surface area contributed by atoms with E-state index in [1.807, 2.05) is 0 Å². The van der Waals surface area contributed by atoms with Crippen molar-refractivity contribution in [2.75, 3.05) is 7.11 Å². The van der Waals surface area contributed by atoms with Crippen LogP contribution in [0.5, 0.6) is 5.75 Å². The van der Waals surface area contributed by atoms with Crippen LogP contribution in [0.2, 0.25) is 10.0 Å². The molecule has 70 valence electrons. The molecule has 4 nitrogen and oxygen atoms in total. The standard InChI is InChI=1S/C7H5Cl2NO3/c1-13-7-4(8)2-3-5(6(7)9)10(11)12/h2-3H,1H3. The van der Waals surface area contributed by atoms with Crippen LogP contribution in [-0.4, -0.2) is 12.0 Å². The van der Waals surface area contributed by atoms with E-state index in [0.717, 1.165) is 0 Å². The summed E-state index contributed by atoms with van der Waals surface area (Å²) in [5, 5.41) is 10.6. The lowest BCUT2D eigenvalue weighted by molar-refractivity contribution is -0.384. The summed E-state index contributed by atoms with van der Waals surface area (Å²) in [4.78, 5) is 9.83. The Balaban J connectivity index is 3.35. The van der Waals surface area contributed by atoms with Gasteiger partial charge in [0.1, 0.15) is 0 Å². The molecule has 0 N–H and O–H groups in total. The average Bonchev–Trinajstić information content (AvgIpc) is 2.04. The van der Waals surface area contributed by atoms with Gasteiger partial charge in [-0.05, 0) is 6.07 Å². The van der Waals surface area contributed by atoms with E-state index in [1.165, 1.54) is 19.2 Å². The highest BCUT2D eigenvalue weighted by Crippen LogP contribution is 2.38. The van der Waals surface area contributed by atoms with Gasteiger partial charge >= 0.3 is 0 Å². The molecule has 0 aromatic heterocycles. The van der Waals surface area contributed by atoms with Crippen molar-refractivity contribution in [3.8, 4) is 5.75 Å². The third-order valence-electron chi connectivity index (χ3n) is 1.43. The minimum Gasteiger partial charge on any atom is -0.493 e. The Morgan fingerprint density at radius 1 is 1.46 bits per heavy atom. The minimum absolute atomic E-state index is 0.0833. The predicted octanol–water partition coefficient (Wildman–Crippen LogP) is 2.91. The molecule has 0 unspecified atom stereocenters. The monoisotopic (exact) mass is 221 g/mol. The Kier molecular flexibility index (Phi) is 2.95. The van der Waals surface area contributed by atoms with Gasteiger partial charge < -0.3 is 4.74 Å². The Bertz CT molecular complexity index is 354. The van der Waals surface area contributed by atoms with E-state index in [4.69, 9.17) is 27.9 Å². The largest absolute Gasteiger partial charge is 0.493 e. The lowest BCUT2D eigenvalue weighted by atomic mass is 10.3. The number of halogens is 2. The Labute approximate surface area is 84.2 Å². The fourth-order valence-electron chi connectivity index (χ4n) is 0.850. The summed E-state index contributed by atoms with van der Waals surface area (Å²) in [6.45, 7) is 0. The second kappa shape index (κ2) is 3.81. The molecule has 0 aliphatic rings. The number of nitro groups is 1. The van der Waals surface area contributed by atoms with Gasteiger partial charge in [-0.15, -0.1) is 0 Å². The molecule has 0 heterocycles. The smallest absolute Gasteiger partial charge is 0.291 e. The molecular weight excluding hydrogens is 217 g/mol. The molecular formula is C7H5Cl2NO3. The van der Waals surface area contributed by atoms with Gasteiger partial charge in [0, 0.05) is 6.07 Å². The third-order valence-corrected chi connectivity index (χ3v) is 2.09. The number of nitrogens with zero attached hydrogens (tertiary/aromatic N) is 1. The van der Waals surface area contributed by atoms with Gasteiger partial charge in [0.05, 0.1) is 17.1 Å². The average molecular weight is 222 g/mol. The van der Waals surface area contributed by atoms with Gasteiger partial charge in [0.15, 0.2) is 10.8 Å². The van der Waals surface area contributed by atoms with Gasteiger partial charge in [-0.2, -0.15) is 0 Å². The zero-order valence-corrected chi connectivity index (χ0v) is 8.09. The highest BCUT2D eigenvalue weighted by atomic mass is 35.5. The van der Waals surface area contributed by atoms with Crippen LogP contribution in [-0.2, 0) is 0 Å². The number of ether oxygens (including phenoxy) is 1. The van der Waals surface area contributed by atoms with E-state index in [9.17, 15) is 10.1 Å². The van der Waals surface area contributed by atoms with Crippen molar-refractivity contribution in [2.24, 2.45) is 0 Å². The molecule has 6 heteroatoms. The molecule has 0 aliphatic heterocycles. The van der Waals surface area contributed by atoms with Crippen molar-refractivity contribution in [3.05, 3.63) is 32.3 Å². The SMILES string of the molecule is COc1c(Cl)ccc([N+](=O)[O-])c1Cl. The van der Waals surface area contributed by atoms with Crippen molar-refractivity contribution >= 4 is 28.9 Å². The van der Waals surface area contributed by atoms with E-state index in [2.05, 4.69) is 0 Å². The normalized spacial score (nSPS) is 9.77. The summed E-state index contributed by atoms with van der Waals surface area (Å²) in [6.07, 6.45) is 0. The van der Waals surface area contributed by atoms with Gasteiger partial charge in [-0.1, -0.05) is 23.2 Å². The first-order valence-electron chi connectivity index (χ1n) is 3.24. The Morgan fingerprint density at radius 3 is 2.54 bits per heavy atom. The number of hydrogen-bond acceptors (Lipinski definition) is 3. The van der Waals surface area contributed by atoms with E-state index in [0.29, 0.717) is 0 Å². The molecule has 0 fully saturated rings. The maximum atomic E-state index is 10.4. The molecule has 0 atom stereocenters. The van der Waals surface area contributed by atoms with E-state index >= 15 is 0 Å². The van der Waals surface area contributed by atoms with Crippen molar-refractivity contribution in [1.29, 1.82) is 0 Å². The third kappa shape index (κ3) is 1.84. The second-order valence-electron chi connectivity index (χ2n) is 2.17. The van der Waals surface area contributed by atoms with Crippen LogP contribution in [0.4, 0.5) is 5.69 Å². The van der Waals surface area contributed by atoms with Gasteiger partial charge in [-0.25, -0.2) is 0 Å². The quantitative estimate of drug-likeness (QED) is 0.570. The number of hydrogen-bond donors (Lipinski definition) is 0. The summed E-state index contributed by atoms with van der Waals surface area (Å²) < 4.78 is 4.80. The molecule has 0 bridgehead atoms. The highest BCUT2D eigenvalue weighted by molar-refractivity contribution is 6.38. The van der Waals surface area contributed by atoms with E-state index in [1.54, 1.807) is 0 Å². The zero-order chi connectivity index (χ0) is 10.0. The number of nitro benzene ring substituents is 1. The topological polar surface area (TPSA) is 52.4 Å². The van der Waals surface area contributed by atoms with Crippen LogP contribution in [0.1, 0.15) is 0 Å². The van der Waals surface area contributed by atoms with Gasteiger partial charge in [-0.3, -0.25) is 10.1 Å². The van der Waals surface area contributed by atoms with Crippen molar-refractivity contribution < 1.29 is 9.66 Å². The maximum Gasteiger partial charge on any atom is 0.291 e. The number of methoxy groups -OCH3 is 1. The first-order chi connectivity index (χ1) is 6.07. The van der Waals surface area contributed by atoms with Gasteiger partial charge in [0.25, 0.3) is 5.69 Å². The van der Waals surface area contributed by atoms with Crippen molar-refractivity contribution in [1.82, 2.24) is 0 Å². The second-order valence-corrected chi connectivity index (χ2v) is 2.96. The summed E-state index contributed by atoms with van der Waals surface area (Å²) in [6, 6.07) is 2.59. The Morgan fingerprint density at radius 2 is 2.08 bits per heavy atom. The van der Waals surface area contributed by atoms with Crippen LogP contribution in [0.3, 0.4) is 0 Å². The Hall–Kier alpha value is -1.00. The molecule has 1 aromatic carbocycles. The molecule has 1 aromatic rings. The first kappa shape index (κ1) is 10.1. The van der Waals surface area contributed by atoms with Crippen molar-refractivity contribution in [3.63, 3.8) is 0 Å². The number of benzene rings is 1. The van der Waals surface area contributed by atoms with Crippen LogP contribution in [0.25, 0.3) is 0 Å². The summed E-state index contributed by atoms with van der Waals surface area (Å²) in [5.41, 5.74) is -0.220. The fraction of sp³-hybridized carbons (Fsp3) is 0.143. The molecule has 0 aliphatic carbocycles. The lowest BCUT2D eigenvalue weighted by Gasteiger charge is -2.04. The predicted molar refractivity (Wildman–Crippen MR) is 49.7 cm³/mol. The highest BCUT2D eigenvalue weighted by Gasteiger charge is 2.18. The van der Waals surface area contributed by atoms with Crippen LogP contribution >= 0.6 is 23.2 Å². The van der Waals surface area contributed by atoms with Crippen molar-refractivity contribution in [2.45, 2.75) is 0 Å². The molecule has 0 amide bonds. The van der Waals surface area contributed by atoms with E-state index in [-0.39, 0.29) is 21.5 Å². The molecule has 13 heavy (non-hydrogen) atoms. The van der Waals surface area contributed by atoms with Crippen LogP contribution in [0, 0.1) is 10.1 Å². The summed E-state index contributed by atoms with van der Waals surface area (Å²) >= 11 is 11.3.